The number of halogens is 2. The molecule has 0 aromatic heterocycles. The van der Waals surface area contributed by atoms with Crippen molar-refractivity contribution in [1.82, 2.24) is 5.32 Å². The van der Waals surface area contributed by atoms with Gasteiger partial charge in [0.2, 0.25) is 0 Å². The van der Waals surface area contributed by atoms with Crippen LogP contribution in [0.4, 0.5) is 8.78 Å². The topological polar surface area (TPSA) is 21.3 Å². The minimum Gasteiger partial charge on any atom is -0.484 e. The molecule has 1 fully saturated rings. The maximum Gasteiger partial charge on any atom is 0.191 e. The molecule has 1 aliphatic rings. The van der Waals surface area contributed by atoms with Gasteiger partial charge in [0.05, 0.1) is 0 Å². The van der Waals surface area contributed by atoms with E-state index in [9.17, 15) is 8.78 Å². The minimum absolute atomic E-state index is 0.0734. The van der Waals surface area contributed by atoms with Crippen LogP contribution in [0.15, 0.2) is 18.2 Å². The third-order valence-corrected chi connectivity index (χ3v) is 2.98. The van der Waals surface area contributed by atoms with Crippen LogP contribution >= 0.6 is 0 Å². The number of rotatable bonds is 5. The molecule has 1 aliphatic carbocycles. The zero-order chi connectivity index (χ0) is 12.3. The van der Waals surface area contributed by atoms with Crippen LogP contribution in [0.2, 0.25) is 0 Å². The Balaban J connectivity index is 1.84. The first kappa shape index (κ1) is 12.3. The van der Waals surface area contributed by atoms with Gasteiger partial charge in [0, 0.05) is 6.04 Å². The lowest BCUT2D eigenvalue weighted by molar-refractivity contribution is 0.0769. The van der Waals surface area contributed by atoms with Crippen molar-refractivity contribution in [1.29, 1.82) is 0 Å². The summed E-state index contributed by atoms with van der Waals surface area (Å²) in [4.78, 5) is 0. The van der Waals surface area contributed by atoms with Crippen LogP contribution in [0.5, 0.6) is 5.75 Å². The zero-order valence-corrected chi connectivity index (χ0v) is 9.88. The van der Waals surface area contributed by atoms with Crippen LogP contribution in [-0.2, 0) is 0 Å². The third-order valence-electron chi connectivity index (χ3n) is 2.98. The van der Waals surface area contributed by atoms with Gasteiger partial charge in [-0.2, -0.15) is 0 Å². The summed E-state index contributed by atoms with van der Waals surface area (Å²) in [5.41, 5.74) is 0. The smallest absolute Gasteiger partial charge is 0.191 e. The van der Waals surface area contributed by atoms with Crippen LogP contribution in [-0.4, -0.2) is 18.7 Å². The molecule has 0 unspecified atom stereocenters. The van der Waals surface area contributed by atoms with E-state index in [1.165, 1.54) is 18.2 Å². The maximum absolute atomic E-state index is 13.3. The molecule has 0 atom stereocenters. The molecular weight excluding hydrogens is 224 g/mol. The zero-order valence-electron chi connectivity index (χ0n) is 9.88. The fourth-order valence-corrected chi connectivity index (χ4v) is 1.94. The van der Waals surface area contributed by atoms with Crippen LogP contribution in [0.25, 0.3) is 0 Å². The molecule has 1 N–H and O–H groups in total. The molecule has 0 bridgehead atoms. The van der Waals surface area contributed by atoms with E-state index < -0.39 is 11.6 Å². The predicted octanol–water partition coefficient (Wildman–Crippen LogP) is 2.87. The largest absolute Gasteiger partial charge is 0.484 e. The number of para-hydroxylation sites is 1. The Bertz CT molecular complexity index is 357. The van der Waals surface area contributed by atoms with Gasteiger partial charge >= 0.3 is 0 Å². The molecule has 1 aromatic rings. The molecule has 1 saturated carbocycles. The van der Waals surface area contributed by atoms with Crippen molar-refractivity contribution in [3.05, 3.63) is 29.8 Å². The summed E-state index contributed by atoms with van der Waals surface area (Å²) in [6, 6.07) is 4.19. The van der Waals surface area contributed by atoms with Crippen molar-refractivity contribution < 1.29 is 13.5 Å². The molecule has 1 aromatic carbocycles. The number of nitrogens with one attached hydrogen (secondary N) is 1. The minimum atomic E-state index is -0.630. The number of ether oxygens (including phenoxy) is 1. The van der Waals surface area contributed by atoms with Gasteiger partial charge in [0.15, 0.2) is 17.4 Å². The van der Waals surface area contributed by atoms with Crippen molar-refractivity contribution in [3.8, 4) is 5.75 Å². The Morgan fingerprint density at radius 3 is 2.53 bits per heavy atom. The Labute approximate surface area is 100.0 Å². The lowest BCUT2D eigenvalue weighted by atomic mass is 9.89. The van der Waals surface area contributed by atoms with Crippen molar-refractivity contribution in [2.24, 2.45) is 0 Å². The van der Waals surface area contributed by atoms with Crippen molar-refractivity contribution >= 4 is 0 Å². The fraction of sp³-hybridized carbons (Fsp3) is 0.538. The van der Waals surface area contributed by atoms with E-state index in [-0.39, 0.29) is 11.9 Å². The van der Waals surface area contributed by atoms with Gasteiger partial charge in [-0.05, 0) is 37.9 Å². The van der Waals surface area contributed by atoms with E-state index in [2.05, 4.69) is 12.2 Å². The number of hydrogen-bond acceptors (Lipinski definition) is 2. The summed E-state index contributed by atoms with van der Waals surface area (Å²) in [5, 5.41) is 3.35. The summed E-state index contributed by atoms with van der Waals surface area (Å²) in [6.07, 6.45) is 2.64. The van der Waals surface area contributed by atoms with Gasteiger partial charge in [0.25, 0.3) is 0 Å². The van der Waals surface area contributed by atoms with Gasteiger partial charge in [-0.3, -0.25) is 0 Å². The van der Waals surface area contributed by atoms with Crippen molar-refractivity contribution in [2.75, 3.05) is 6.54 Å². The highest BCUT2D eigenvalue weighted by Gasteiger charge is 2.31. The highest BCUT2D eigenvalue weighted by Crippen LogP contribution is 2.29. The predicted molar refractivity (Wildman–Crippen MR) is 62.1 cm³/mol. The quantitative estimate of drug-likeness (QED) is 0.855. The lowest BCUT2D eigenvalue weighted by Gasteiger charge is -2.36. The Morgan fingerprint density at radius 1 is 1.29 bits per heavy atom. The van der Waals surface area contributed by atoms with Crippen molar-refractivity contribution in [3.63, 3.8) is 0 Å². The van der Waals surface area contributed by atoms with E-state index in [0.717, 1.165) is 25.8 Å². The van der Waals surface area contributed by atoms with Crippen LogP contribution in [0.1, 0.15) is 26.2 Å². The van der Waals surface area contributed by atoms with Gasteiger partial charge in [-0.25, -0.2) is 8.78 Å². The molecule has 4 heteroatoms. The van der Waals surface area contributed by atoms with Crippen LogP contribution in [0.3, 0.4) is 0 Å². The Morgan fingerprint density at radius 2 is 1.94 bits per heavy atom. The lowest BCUT2D eigenvalue weighted by Crippen LogP contribution is -2.47. The third kappa shape index (κ3) is 2.94. The molecule has 2 nitrogen and oxygen atoms in total. The highest BCUT2D eigenvalue weighted by atomic mass is 19.1. The SMILES string of the molecule is CCCNC1CC(Oc2c(F)cccc2F)C1. The Hall–Kier alpha value is -1.16. The first-order chi connectivity index (χ1) is 8.20. The van der Waals surface area contributed by atoms with E-state index >= 15 is 0 Å². The van der Waals surface area contributed by atoms with Crippen LogP contribution in [0, 0.1) is 11.6 Å². The fourth-order valence-electron chi connectivity index (χ4n) is 1.94. The van der Waals surface area contributed by atoms with E-state index in [1.807, 2.05) is 0 Å². The second-order valence-electron chi connectivity index (χ2n) is 4.41. The molecule has 17 heavy (non-hydrogen) atoms. The molecular formula is C13H17F2NO. The summed E-state index contributed by atoms with van der Waals surface area (Å²) < 4.78 is 31.9. The average molecular weight is 241 g/mol. The second-order valence-corrected chi connectivity index (χ2v) is 4.41. The van der Waals surface area contributed by atoms with Gasteiger partial charge in [-0.15, -0.1) is 0 Å². The standard InChI is InChI=1S/C13H17F2NO/c1-2-6-16-9-7-10(8-9)17-13-11(14)4-3-5-12(13)15/h3-5,9-10,16H,2,6-8H2,1H3. The maximum atomic E-state index is 13.3. The molecule has 2 rings (SSSR count). The van der Waals surface area contributed by atoms with Gasteiger partial charge in [-0.1, -0.05) is 13.0 Å². The monoisotopic (exact) mass is 241 g/mol. The molecule has 94 valence electrons. The number of benzene rings is 1. The summed E-state index contributed by atoms with van der Waals surface area (Å²) in [6.45, 7) is 3.08. The Kier molecular flexibility index (Phi) is 3.94. The first-order valence-electron chi connectivity index (χ1n) is 6.04. The highest BCUT2D eigenvalue weighted by molar-refractivity contribution is 5.26. The number of hydrogen-bond donors (Lipinski definition) is 1. The summed E-state index contributed by atoms with van der Waals surface area (Å²) >= 11 is 0. The molecule has 0 heterocycles. The van der Waals surface area contributed by atoms with E-state index in [0.29, 0.717) is 6.04 Å². The van der Waals surface area contributed by atoms with E-state index in [4.69, 9.17) is 4.74 Å². The molecule has 0 aliphatic heterocycles. The van der Waals surface area contributed by atoms with Crippen molar-refractivity contribution in [2.45, 2.75) is 38.3 Å². The van der Waals surface area contributed by atoms with Gasteiger partial charge < -0.3 is 10.1 Å². The molecule has 0 spiro atoms. The second kappa shape index (κ2) is 5.45. The first-order valence-corrected chi connectivity index (χ1v) is 6.04. The average Bonchev–Trinajstić information content (AvgIpc) is 2.25. The molecule has 0 radical (unpaired) electrons. The summed E-state index contributed by atoms with van der Waals surface area (Å²) in [7, 11) is 0. The normalized spacial score (nSPS) is 23.2. The summed E-state index contributed by atoms with van der Waals surface area (Å²) in [5.74, 6) is -1.50. The molecule has 0 saturated heterocycles. The molecule has 0 amide bonds. The van der Waals surface area contributed by atoms with E-state index in [1.54, 1.807) is 0 Å². The van der Waals surface area contributed by atoms with Crippen LogP contribution < -0.4 is 10.1 Å². The van der Waals surface area contributed by atoms with Gasteiger partial charge in [0.1, 0.15) is 6.10 Å².